The number of aryl methyl sites for hydroxylation is 3. The normalized spacial score (nSPS) is 12.1. The van der Waals surface area contributed by atoms with Crippen LogP contribution in [0.2, 0.25) is 0 Å². The Hall–Kier alpha value is -3.00. The van der Waals surface area contributed by atoms with Crippen molar-refractivity contribution < 1.29 is 14.7 Å². The van der Waals surface area contributed by atoms with Crippen molar-refractivity contribution in [3.63, 3.8) is 0 Å². The number of aromatic nitrogens is 2. The van der Waals surface area contributed by atoms with Crippen LogP contribution in [0.5, 0.6) is 0 Å². The van der Waals surface area contributed by atoms with Gasteiger partial charge in [0.25, 0.3) is 5.56 Å². The molecular weight excluding hydrogens is 378 g/mol. The molecule has 2 heterocycles. The molecule has 3 rings (SSSR count). The first-order valence-corrected chi connectivity index (χ1v) is 9.77. The van der Waals surface area contributed by atoms with Gasteiger partial charge in [0.15, 0.2) is 0 Å². The summed E-state index contributed by atoms with van der Waals surface area (Å²) in [7, 11) is 0. The van der Waals surface area contributed by atoms with Crippen molar-refractivity contribution in [3.05, 3.63) is 56.4 Å². The van der Waals surface area contributed by atoms with E-state index in [1.807, 2.05) is 32.0 Å². The van der Waals surface area contributed by atoms with Gasteiger partial charge in [0.1, 0.15) is 16.7 Å². The van der Waals surface area contributed by atoms with Crippen molar-refractivity contribution in [2.75, 3.05) is 5.32 Å². The van der Waals surface area contributed by atoms with Crippen LogP contribution in [0.25, 0.3) is 10.2 Å². The smallest absolute Gasteiger partial charge is 0.337 e. The van der Waals surface area contributed by atoms with Gasteiger partial charge in [-0.3, -0.25) is 14.2 Å². The molecule has 0 saturated heterocycles. The lowest BCUT2D eigenvalue weighted by molar-refractivity contribution is -0.118. The summed E-state index contributed by atoms with van der Waals surface area (Å²) >= 11 is 1.10. The zero-order chi connectivity index (χ0) is 20.6. The molecular formula is C20H21N3O4S. The second-order valence-electron chi connectivity index (χ2n) is 6.60. The highest BCUT2D eigenvalue weighted by Crippen LogP contribution is 2.25. The van der Waals surface area contributed by atoms with Crippen molar-refractivity contribution in [3.8, 4) is 0 Å². The van der Waals surface area contributed by atoms with E-state index < -0.39 is 17.6 Å². The van der Waals surface area contributed by atoms with Gasteiger partial charge < -0.3 is 10.4 Å². The van der Waals surface area contributed by atoms with E-state index in [4.69, 9.17) is 0 Å². The third-order valence-corrected chi connectivity index (χ3v) is 5.67. The van der Waals surface area contributed by atoms with Crippen molar-refractivity contribution >= 4 is 39.1 Å². The van der Waals surface area contributed by atoms with Crippen LogP contribution < -0.4 is 10.9 Å². The molecule has 28 heavy (non-hydrogen) atoms. The predicted molar refractivity (Wildman–Crippen MR) is 109 cm³/mol. The molecule has 1 unspecified atom stereocenters. The fourth-order valence-electron chi connectivity index (χ4n) is 3.27. The lowest BCUT2D eigenvalue weighted by Crippen LogP contribution is -2.34. The highest BCUT2D eigenvalue weighted by atomic mass is 32.1. The van der Waals surface area contributed by atoms with Crippen LogP contribution in [0.1, 0.15) is 47.2 Å². The van der Waals surface area contributed by atoms with Crippen molar-refractivity contribution in [1.29, 1.82) is 0 Å². The second-order valence-corrected chi connectivity index (χ2v) is 7.45. The van der Waals surface area contributed by atoms with Gasteiger partial charge in [-0.15, -0.1) is 11.3 Å². The number of carboxylic acid groups (broad SMARTS) is 1. The van der Waals surface area contributed by atoms with E-state index in [1.54, 1.807) is 13.8 Å². The Morgan fingerprint density at radius 3 is 2.68 bits per heavy atom. The minimum absolute atomic E-state index is 0.0351. The zero-order valence-corrected chi connectivity index (χ0v) is 16.9. The van der Waals surface area contributed by atoms with E-state index in [0.717, 1.165) is 34.6 Å². The minimum Gasteiger partial charge on any atom is -0.478 e. The van der Waals surface area contributed by atoms with Crippen LogP contribution in [0.3, 0.4) is 0 Å². The highest BCUT2D eigenvalue weighted by Gasteiger charge is 2.24. The summed E-state index contributed by atoms with van der Waals surface area (Å²) in [5.41, 5.74) is 2.06. The number of thiophene rings is 1. The van der Waals surface area contributed by atoms with Crippen molar-refractivity contribution in [1.82, 2.24) is 9.55 Å². The molecule has 0 aliphatic carbocycles. The molecule has 0 aliphatic rings. The largest absolute Gasteiger partial charge is 0.478 e. The number of fused-ring (bicyclic) bond motifs is 1. The zero-order valence-electron chi connectivity index (χ0n) is 16.1. The number of carbonyl (C=O) groups is 2. The number of amides is 1. The number of hydrogen-bond donors (Lipinski definition) is 2. The molecule has 8 heteroatoms. The number of nitrogens with one attached hydrogen (secondary N) is 1. The number of carbonyl (C=O) groups excluding carboxylic acids is 1. The van der Waals surface area contributed by atoms with Crippen molar-refractivity contribution in [2.24, 2.45) is 0 Å². The van der Waals surface area contributed by atoms with E-state index in [9.17, 15) is 19.5 Å². The van der Waals surface area contributed by atoms with Gasteiger partial charge in [-0.05, 0) is 38.3 Å². The van der Waals surface area contributed by atoms with Crippen LogP contribution in [0.4, 0.5) is 5.69 Å². The van der Waals surface area contributed by atoms with E-state index in [-0.39, 0.29) is 16.9 Å². The van der Waals surface area contributed by atoms with Gasteiger partial charge in [-0.25, -0.2) is 9.78 Å². The molecule has 1 amide bonds. The summed E-state index contributed by atoms with van der Waals surface area (Å²) in [6, 6.07) is 4.94. The molecule has 3 aromatic rings. The Balaban J connectivity index is 2.05. The summed E-state index contributed by atoms with van der Waals surface area (Å²) < 4.78 is 1.25. The highest BCUT2D eigenvalue weighted by molar-refractivity contribution is 7.17. The monoisotopic (exact) mass is 399 g/mol. The number of aromatic carboxylic acids is 1. The maximum atomic E-state index is 13.0. The van der Waals surface area contributed by atoms with Gasteiger partial charge in [0.2, 0.25) is 5.91 Å². The van der Waals surface area contributed by atoms with E-state index in [0.29, 0.717) is 10.7 Å². The quantitative estimate of drug-likeness (QED) is 0.683. The van der Waals surface area contributed by atoms with E-state index in [2.05, 4.69) is 10.3 Å². The standard InChI is InChI=1S/C20H21N3O4S/c1-5-13-8-6-7-10(2)16(13)22-17(24)11(3)23-12(4)21-18-15(19(23)25)14(9-28-18)20(26)27/h6-9,11H,5H2,1-4H3,(H,22,24)(H,26,27). The van der Waals surface area contributed by atoms with Crippen LogP contribution in [-0.2, 0) is 11.2 Å². The van der Waals surface area contributed by atoms with Crippen LogP contribution in [0, 0.1) is 13.8 Å². The fraction of sp³-hybridized carbons (Fsp3) is 0.300. The van der Waals surface area contributed by atoms with Crippen LogP contribution >= 0.6 is 11.3 Å². The molecule has 0 bridgehead atoms. The number of nitrogens with zero attached hydrogens (tertiary/aromatic N) is 2. The molecule has 0 aliphatic heterocycles. The SMILES string of the molecule is CCc1cccc(C)c1NC(=O)C(C)n1c(C)nc2scc(C(=O)O)c2c1=O. The molecule has 2 aromatic heterocycles. The van der Waals surface area contributed by atoms with Gasteiger partial charge in [0, 0.05) is 11.1 Å². The summed E-state index contributed by atoms with van der Waals surface area (Å²) in [6.07, 6.45) is 0.759. The average Bonchev–Trinajstić information content (AvgIpc) is 3.07. The van der Waals surface area contributed by atoms with Gasteiger partial charge in [-0.1, -0.05) is 25.1 Å². The summed E-state index contributed by atoms with van der Waals surface area (Å²) in [5.74, 6) is -1.19. The molecule has 0 radical (unpaired) electrons. The first-order valence-electron chi connectivity index (χ1n) is 8.89. The minimum atomic E-state index is -1.19. The third-order valence-electron chi connectivity index (χ3n) is 4.80. The lowest BCUT2D eigenvalue weighted by Gasteiger charge is -2.19. The number of rotatable bonds is 5. The molecule has 0 spiro atoms. The Labute approximate surface area is 165 Å². The molecule has 1 aromatic carbocycles. The maximum absolute atomic E-state index is 13.0. The topological polar surface area (TPSA) is 101 Å². The van der Waals surface area contributed by atoms with E-state index in [1.165, 1.54) is 9.95 Å². The molecule has 7 nitrogen and oxygen atoms in total. The molecule has 0 saturated carbocycles. The first-order chi connectivity index (χ1) is 13.3. The summed E-state index contributed by atoms with van der Waals surface area (Å²) in [4.78, 5) is 42.1. The fourth-order valence-corrected chi connectivity index (χ4v) is 4.21. The Bertz CT molecular complexity index is 1150. The molecule has 146 valence electrons. The van der Waals surface area contributed by atoms with Crippen LogP contribution in [-0.4, -0.2) is 26.5 Å². The van der Waals surface area contributed by atoms with Crippen molar-refractivity contribution in [2.45, 2.75) is 40.2 Å². The Morgan fingerprint density at radius 1 is 1.32 bits per heavy atom. The van der Waals surface area contributed by atoms with Gasteiger partial charge >= 0.3 is 5.97 Å². The third kappa shape index (κ3) is 3.31. The number of hydrogen-bond acceptors (Lipinski definition) is 5. The molecule has 0 fully saturated rings. The number of anilines is 1. The van der Waals surface area contributed by atoms with E-state index >= 15 is 0 Å². The Morgan fingerprint density at radius 2 is 2.04 bits per heavy atom. The second kappa shape index (κ2) is 7.55. The molecule has 2 N–H and O–H groups in total. The van der Waals surface area contributed by atoms with Crippen LogP contribution in [0.15, 0.2) is 28.4 Å². The molecule has 1 atom stereocenters. The summed E-state index contributed by atoms with van der Waals surface area (Å²) in [6.45, 7) is 7.16. The average molecular weight is 399 g/mol. The maximum Gasteiger partial charge on any atom is 0.337 e. The number of benzene rings is 1. The summed E-state index contributed by atoms with van der Waals surface area (Å²) in [5, 5.41) is 13.7. The predicted octanol–water partition coefficient (Wildman–Crippen LogP) is 3.54. The van der Waals surface area contributed by atoms with Gasteiger partial charge in [-0.2, -0.15) is 0 Å². The number of carboxylic acids is 1. The van der Waals surface area contributed by atoms with Gasteiger partial charge in [0.05, 0.1) is 10.9 Å². The lowest BCUT2D eigenvalue weighted by atomic mass is 10.1. The number of para-hydroxylation sites is 1. The Kier molecular flexibility index (Phi) is 5.33. The first kappa shape index (κ1) is 19.8.